The van der Waals surface area contributed by atoms with Gasteiger partial charge in [-0.1, -0.05) is 0 Å². The minimum absolute atomic E-state index is 0. The number of esters is 4. The molecule has 0 atom stereocenters. The van der Waals surface area contributed by atoms with E-state index < -0.39 is 109 Å². The Morgan fingerprint density at radius 2 is 0.750 bits per heavy atom. The Labute approximate surface area is 345 Å². The van der Waals surface area contributed by atoms with Gasteiger partial charge in [-0.25, -0.2) is 28.8 Å². The third-order valence-corrected chi connectivity index (χ3v) is 4.95. The number of aliphatic carboxylic acids is 4. The third kappa shape index (κ3) is 23.9. The van der Waals surface area contributed by atoms with Gasteiger partial charge in [0.1, 0.15) is 39.5 Å². The van der Waals surface area contributed by atoms with Gasteiger partial charge in [-0.3, -0.25) is 8.97 Å². The Bertz CT molecular complexity index is 855. The van der Waals surface area contributed by atoms with Gasteiger partial charge in [0.2, 0.25) is 0 Å². The molecule has 0 unspecified atom stereocenters. The summed E-state index contributed by atoms with van der Waals surface area (Å²) in [4.78, 5) is 88.9. The van der Waals surface area contributed by atoms with Gasteiger partial charge in [0.15, 0.2) is 39.3 Å². The Balaban J connectivity index is -0.0000000622. The summed E-state index contributed by atoms with van der Waals surface area (Å²) >= 11 is 0. The van der Waals surface area contributed by atoms with Crippen molar-refractivity contribution in [3.8, 4) is 0 Å². The third-order valence-electron chi connectivity index (χ3n) is 4.95. The van der Waals surface area contributed by atoms with Gasteiger partial charge < -0.3 is 67.0 Å². The molecule has 0 aromatic heterocycles. The van der Waals surface area contributed by atoms with Crippen LogP contribution in [0, 0.1) is 0 Å². The van der Waals surface area contributed by atoms with Crippen molar-refractivity contribution >= 4 is 47.8 Å². The molecule has 0 bridgehead atoms. The summed E-state index contributed by atoms with van der Waals surface area (Å²) in [5.74, 6) is -8.99. The molecule has 2 aliphatic rings. The maximum absolute atomic E-state index is 11.5. The van der Waals surface area contributed by atoms with Gasteiger partial charge in [0, 0.05) is 0 Å². The first-order valence-corrected chi connectivity index (χ1v) is 10.8. The molecular weight excluding hydrogens is 644 g/mol. The van der Waals surface area contributed by atoms with E-state index in [1.807, 2.05) is 0 Å². The number of hydrogen-bond donors (Lipinski definition) is 4. The predicted octanol–water partition coefficient (Wildman–Crippen LogP) is -17.7. The van der Waals surface area contributed by atoms with Gasteiger partial charge in [-0.2, -0.15) is 0 Å². The van der Waals surface area contributed by atoms with Crippen LogP contribution >= 0.6 is 0 Å². The molecule has 0 amide bonds. The van der Waals surface area contributed by atoms with E-state index in [1.54, 1.807) is 0 Å². The van der Waals surface area contributed by atoms with Crippen LogP contribution in [0.4, 0.5) is 0 Å². The zero-order valence-corrected chi connectivity index (χ0v) is 33.4. The van der Waals surface area contributed by atoms with Crippen molar-refractivity contribution in [3.63, 3.8) is 0 Å². The molecule has 0 aromatic carbocycles. The number of hydrogen-bond acceptors (Lipinski definition) is 16. The van der Waals surface area contributed by atoms with Crippen molar-refractivity contribution in [2.45, 2.75) is 0 Å². The standard InChI is InChI=1S/2C10H13NO8.2H3N.4Na.4H/c2*12-7(13)3-11(4-8(14)15)5-9(16)18-1-2-19-10(17)6-11;;;;;;;;;;/h2*1-6H2,(H-,12,13,14,15);2*1H3;;;;;;;;/q;;;;4*+1;4*-1. The number of cyclic esters (lactones) is 4. The Kier molecular flexibility index (Phi) is 35.2. The molecule has 0 saturated carbocycles. The first kappa shape index (κ1) is 56.0. The number of carbonyl (C=O) groups is 8. The van der Waals surface area contributed by atoms with Crippen LogP contribution in [0.3, 0.4) is 0 Å². The summed E-state index contributed by atoms with van der Waals surface area (Å²) in [5, 5.41) is 39.1. The Morgan fingerprint density at radius 1 is 0.545 bits per heavy atom. The molecule has 2 aliphatic heterocycles. The van der Waals surface area contributed by atoms with Gasteiger partial charge in [-0.15, -0.1) is 0 Å². The fraction of sp³-hybridized carbons (Fsp3) is 0.600. The second-order valence-electron chi connectivity index (χ2n) is 8.36. The number of rotatable bonds is 8. The number of quaternary nitrogens is 2. The molecular formula is C20H36N4Na4O16. The number of carboxylic acids is 4. The second kappa shape index (κ2) is 27.7. The zero-order valence-electron chi connectivity index (χ0n) is 29.4. The molecule has 0 aromatic rings. The normalized spacial score (nSPS) is 16.7. The van der Waals surface area contributed by atoms with E-state index in [9.17, 15) is 48.6 Å². The molecule has 0 spiro atoms. The van der Waals surface area contributed by atoms with Gasteiger partial charge in [-0.05, 0) is 0 Å². The van der Waals surface area contributed by atoms with Crippen LogP contribution in [0.2, 0.25) is 0 Å². The van der Waals surface area contributed by atoms with Crippen molar-refractivity contribution in [1.29, 1.82) is 0 Å². The molecule has 8 N–H and O–H groups in total. The number of carbonyl (C=O) groups excluding carboxylic acids is 6. The summed E-state index contributed by atoms with van der Waals surface area (Å²) in [5.41, 5.74) is 0. The smallest absolute Gasteiger partial charge is 1.00 e. The quantitative estimate of drug-likeness (QED) is 0.0800. The van der Waals surface area contributed by atoms with Crippen LogP contribution in [-0.2, 0) is 57.3 Å². The minimum atomic E-state index is -1.60. The van der Waals surface area contributed by atoms with Gasteiger partial charge in [0.25, 0.3) is 0 Å². The van der Waals surface area contributed by atoms with Gasteiger partial charge in [0.05, 0.1) is 11.9 Å². The maximum atomic E-state index is 11.5. The average Bonchev–Trinajstić information content (AvgIpc) is 2.82. The first-order chi connectivity index (χ1) is 17.7. The molecule has 20 nitrogen and oxygen atoms in total. The minimum Gasteiger partial charge on any atom is -1.00 e. The molecule has 0 radical (unpaired) electrons. The number of carboxylic acid groups (broad SMARTS) is 4. The number of nitrogens with zero attached hydrogens (tertiary/aromatic N) is 2. The summed E-state index contributed by atoms with van der Waals surface area (Å²) in [6, 6.07) is 0. The van der Waals surface area contributed by atoms with E-state index in [1.165, 1.54) is 0 Å². The predicted molar refractivity (Wildman–Crippen MR) is 123 cm³/mol. The Morgan fingerprint density at radius 3 is 0.932 bits per heavy atom. The van der Waals surface area contributed by atoms with E-state index in [4.69, 9.17) is 19.7 Å². The molecule has 2 heterocycles. The number of ether oxygens (including phenoxy) is 4. The summed E-state index contributed by atoms with van der Waals surface area (Å²) in [6.45, 7) is -5.82. The largest absolute Gasteiger partial charge is 1.00 e. The summed E-state index contributed by atoms with van der Waals surface area (Å²) < 4.78 is 17.1. The average molecular weight is 680 g/mol. The van der Waals surface area contributed by atoms with Crippen LogP contribution in [0.1, 0.15) is 5.71 Å². The van der Waals surface area contributed by atoms with Crippen LogP contribution < -0.4 is 141 Å². The van der Waals surface area contributed by atoms with Crippen molar-refractivity contribution in [2.24, 2.45) is 0 Å². The second-order valence-corrected chi connectivity index (χ2v) is 8.36. The molecule has 2 fully saturated rings. The Hall–Kier alpha value is -0.400. The summed E-state index contributed by atoms with van der Waals surface area (Å²) in [6.07, 6.45) is 0. The molecule has 2 saturated heterocycles. The summed E-state index contributed by atoms with van der Waals surface area (Å²) in [7, 11) is 0. The van der Waals surface area contributed by atoms with Crippen molar-refractivity contribution < 1.29 is 211 Å². The van der Waals surface area contributed by atoms with E-state index in [0.29, 0.717) is 0 Å². The van der Waals surface area contributed by atoms with E-state index in [-0.39, 0.29) is 163 Å². The van der Waals surface area contributed by atoms with Crippen molar-refractivity contribution in [2.75, 3.05) is 78.8 Å². The van der Waals surface area contributed by atoms with Crippen LogP contribution in [0.5, 0.6) is 0 Å². The topological polar surface area (TPSA) is 330 Å². The van der Waals surface area contributed by atoms with Crippen molar-refractivity contribution in [1.82, 2.24) is 12.3 Å². The fourth-order valence-corrected chi connectivity index (χ4v) is 3.69. The van der Waals surface area contributed by atoms with E-state index in [2.05, 4.69) is 9.47 Å². The monoisotopic (exact) mass is 680 g/mol. The van der Waals surface area contributed by atoms with E-state index >= 15 is 0 Å². The zero-order chi connectivity index (χ0) is 28.9. The molecule has 24 heteroatoms. The van der Waals surface area contributed by atoms with Crippen LogP contribution in [0.15, 0.2) is 0 Å². The molecule has 236 valence electrons. The molecule has 2 rings (SSSR count). The molecule has 44 heavy (non-hydrogen) atoms. The molecule has 0 aliphatic carbocycles. The van der Waals surface area contributed by atoms with Gasteiger partial charge >= 0.3 is 154 Å². The van der Waals surface area contributed by atoms with Crippen molar-refractivity contribution in [3.05, 3.63) is 0 Å². The maximum Gasteiger partial charge on any atom is 1.00 e. The first-order valence-electron chi connectivity index (χ1n) is 10.8. The van der Waals surface area contributed by atoms with E-state index in [0.717, 1.165) is 0 Å². The van der Waals surface area contributed by atoms with Crippen LogP contribution in [-0.4, -0.2) is 146 Å². The SMILES string of the molecule is N.N.O=C(O)C[N+]1(CC(=O)O)CC(=O)OCCOC(=O)C1.O=C([O-])C[N+]1(CC(=O)[O-])CC(=O)OCCOC(=O)C1.[H-].[H-].[H-].[H-].[Na+].[Na+].[Na+].[Na+]. The van der Waals surface area contributed by atoms with Crippen LogP contribution in [0.25, 0.3) is 0 Å². The fourth-order valence-electron chi connectivity index (χ4n) is 3.69.